The second-order valence-corrected chi connectivity index (χ2v) is 27.9. The minimum absolute atomic E-state index is 0.0746. The first-order valence-corrected chi connectivity index (χ1v) is 21.1. The number of methoxy groups -OCH3 is 1. The largest absolute Gasteiger partial charge is 0.412 e. The van der Waals surface area contributed by atoms with Gasteiger partial charge in [0, 0.05) is 17.6 Å². The molecule has 0 aliphatic heterocycles. The van der Waals surface area contributed by atoms with E-state index in [0.717, 1.165) is 0 Å². The highest BCUT2D eigenvalue weighted by molar-refractivity contribution is 6.83. The van der Waals surface area contributed by atoms with Gasteiger partial charge in [-0.05, 0) is 67.7 Å². The molecule has 0 rings (SSSR count). The first-order valence-electron chi connectivity index (χ1n) is 10.3. The molecule has 0 bridgehead atoms. The molecule has 0 aromatic rings. The van der Waals surface area contributed by atoms with E-state index in [1.165, 1.54) is 12.1 Å². The minimum atomic E-state index is -2.10. The fourth-order valence-corrected chi connectivity index (χ4v) is 15.5. The van der Waals surface area contributed by atoms with Crippen molar-refractivity contribution >= 4 is 34.2 Å². The number of hydrogen-bond donors (Lipinski definition) is 0. The Morgan fingerprint density at radius 1 is 0.852 bits per heavy atom. The zero-order valence-electron chi connectivity index (χ0n) is 20.6. The van der Waals surface area contributed by atoms with E-state index in [9.17, 15) is 0 Å². The number of rotatable bonds is 12. The molecule has 7 heteroatoms. The Morgan fingerprint density at radius 3 is 1.74 bits per heavy atom. The van der Waals surface area contributed by atoms with Gasteiger partial charge in [0.15, 0.2) is 0 Å². The van der Waals surface area contributed by atoms with Gasteiger partial charge in [0.2, 0.25) is 16.6 Å². The molecule has 0 heterocycles. The maximum Gasteiger partial charge on any atom is 0.216 e. The fourth-order valence-electron chi connectivity index (χ4n) is 3.08. The summed E-state index contributed by atoms with van der Waals surface area (Å²) in [5.74, 6) is 0. The average molecular weight is 449 g/mol. The van der Waals surface area contributed by atoms with Crippen molar-refractivity contribution in [1.82, 2.24) is 0 Å². The summed E-state index contributed by atoms with van der Waals surface area (Å²) >= 11 is 0. The predicted molar refractivity (Wildman–Crippen MR) is 132 cm³/mol. The van der Waals surface area contributed by atoms with E-state index in [2.05, 4.69) is 87.4 Å². The van der Waals surface area contributed by atoms with Crippen LogP contribution in [0.5, 0.6) is 0 Å². The molecule has 0 atom stereocenters. The Bertz CT molecular complexity index is 497. The second kappa shape index (κ2) is 9.10. The summed E-state index contributed by atoms with van der Waals surface area (Å²) in [5, 5.41) is -0.222. The van der Waals surface area contributed by atoms with E-state index >= 15 is 0 Å². The van der Waals surface area contributed by atoms with E-state index in [0.29, 0.717) is 0 Å². The quantitative estimate of drug-likeness (QED) is 0.370. The van der Waals surface area contributed by atoms with E-state index in [1.54, 1.807) is 0 Å². The third kappa shape index (κ3) is 8.03. The lowest BCUT2D eigenvalue weighted by molar-refractivity contribution is 0.0920. The van der Waals surface area contributed by atoms with E-state index in [-0.39, 0.29) is 25.2 Å². The Balaban J connectivity index is 5.25. The smallest absolute Gasteiger partial charge is 0.216 e. The summed E-state index contributed by atoms with van der Waals surface area (Å²) in [4.78, 5) is 0. The molecule has 27 heavy (non-hydrogen) atoms. The Kier molecular flexibility index (Phi) is 9.26. The topological polar surface area (TPSA) is 27.7 Å². The van der Waals surface area contributed by atoms with Crippen LogP contribution in [0.3, 0.4) is 0 Å². The van der Waals surface area contributed by atoms with Gasteiger partial charge >= 0.3 is 0 Å². The average Bonchev–Trinajstić information content (AvgIpc) is 2.44. The van der Waals surface area contributed by atoms with Gasteiger partial charge < -0.3 is 13.6 Å². The van der Waals surface area contributed by atoms with Gasteiger partial charge in [-0.1, -0.05) is 30.9 Å². The molecule has 0 saturated heterocycles. The molecule has 0 spiro atoms. The van der Waals surface area contributed by atoms with E-state index in [4.69, 9.17) is 13.6 Å². The summed E-state index contributed by atoms with van der Waals surface area (Å²) in [6.07, 6.45) is 0. The van der Waals surface area contributed by atoms with Crippen LogP contribution in [0.15, 0.2) is 12.3 Å². The first kappa shape index (κ1) is 27.5. The summed E-state index contributed by atoms with van der Waals surface area (Å²) in [5.41, 5.74) is 2.02. The molecule has 3 nitrogen and oxygen atoms in total. The molecule has 0 N–H and O–H groups in total. The highest BCUT2D eigenvalue weighted by Crippen LogP contribution is 2.37. The lowest BCUT2D eigenvalue weighted by Crippen LogP contribution is -2.65. The molecule has 0 aliphatic rings. The monoisotopic (exact) mass is 448 g/mol. The summed E-state index contributed by atoms with van der Waals surface area (Å²) < 4.78 is 19.3. The lowest BCUT2D eigenvalue weighted by atomic mass is 10.5. The van der Waals surface area contributed by atoms with Crippen LogP contribution in [0, 0.1) is 0 Å². The third-order valence-electron chi connectivity index (χ3n) is 6.73. The molecule has 0 saturated carbocycles. The molecule has 0 aromatic carbocycles. The normalized spacial score (nSPS) is 15.6. The maximum absolute atomic E-state index is 7.00. The van der Waals surface area contributed by atoms with Crippen molar-refractivity contribution in [3.05, 3.63) is 12.3 Å². The minimum Gasteiger partial charge on any atom is -0.412 e. The fraction of sp³-hybridized carbons (Fsp3) is 0.900. The zero-order valence-corrected chi connectivity index (χ0v) is 25.0. The Morgan fingerprint density at radius 2 is 1.33 bits per heavy atom. The van der Waals surface area contributed by atoms with Gasteiger partial charge in [0.1, 0.15) is 0 Å². The van der Waals surface area contributed by atoms with Crippen LogP contribution in [0.25, 0.3) is 0 Å². The van der Waals surface area contributed by atoms with Gasteiger partial charge in [0.05, 0.1) is 22.8 Å². The van der Waals surface area contributed by atoms with Crippen LogP contribution in [0.4, 0.5) is 0 Å². The van der Waals surface area contributed by atoms with Crippen molar-refractivity contribution in [3.8, 4) is 0 Å². The third-order valence-corrected chi connectivity index (χ3v) is 21.1. The predicted octanol–water partition coefficient (Wildman–Crippen LogP) is 5.47. The zero-order chi connectivity index (χ0) is 21.9. The van der Waals surface area contributed by atoms with Crippen LogP contribution in [0.2, 0.25) is 51.4 Å². The summed E-state index contributed by atoms with van der Waals surface area (Å²) in [6.45, 7) is 31.6. The van der Waals surface area contributed by atoms with Crippen LogP contribution in [0.1, 0.15) is 41.5 Å². The van der Waals surface area contributed by atoms with Gasteiger partial charge in [0.25, 0.3) is 0 Å². The molecule has 0 amide bonds. The van der Waals surface area contributed by atoms with Gasteiger partial charge in [-0.25, -0.2) is 0 Å². The van der Waals surface area contributed by atoms with Crippen molar-refractivity contribution in [2.24, 2.45) is 0 Å². The molecule has 0 unspecified atom stereocenters. The van der Waals surface area contributed by atoms with Gasteiger partial charge in [-0.3, -0.25) is 0 Å². The van der Waals surface area contributed by atoms with Crippen molar-refractivity contribution in [2.45, 2.75) is 109 Å². The van der Waals surface area contributed by atoms with E-state index in [1.807, 2.05) is 12.8 Å². The molecule has 0 aliphatic carbocycles. The van der Waals surface area contributed by atoms with Crippen LogP contribution < -0.4 is 0 Å². The van der Waals surface area contributed by atoms with Gasteiger partial charge in [-0.2, -0.15) is 0 Å². The van der Waals surface area contributed by atoms with Crippen molar-refractivity contribution in [2.75, 3.05) is 7.11 Å². The number of ether oxygens (including phenoxy) is 1. The molecule has 0 radical (unpaired) electrons. The lowest BCUT2D eigenvalue weighted by Gasteiger charge is -2.51. The van der Waals surface area contributed by atoms with E-state index < -0.39 is 24.7 Å². The standard InChI is InChI=1S/C20H48O3Si4/c1-15-26(11,12)22-20(6,7)27(13,14)23-19(4,5)25(9,10)17-16-24-18(2,3)21-8/h15H,1,16-17,24H2,2-14H3. The molecule has 0 aromatic heterocycles. The summed E-state index contributed by atoms with van der Waals surface area (Å²) in [7, 11) is -3.95. The van der Waals surface area contributed by atoms with Crippen LogP contribution in [-0.2, 0) is 13.6 Å². The highest BCUT2D eigenvalue weighted by atomic mass is 28.4. The molecule has 162 valence electrons. The summed E-state index contributed by atoms with van der Waals surface area (Å²) in [6, 6.07) is 2.63. The van der Waals surface area contributed by atoms with Crippen molar-refractivity contribution in [3.63, 3.8) is 0 Å². The molecular weight excluding hydrogens is 401 g/mol. The number of hydrogen-bond acceptors (Lipinski definition) is 3. The Labute approximate surface area is 175 Å². The first-order chi connectivity index (χ1) is 11.7. The maximum atomic E-state index is 7.00. The second-order valence-electron chi connectivity index (χ2n) is 11.2. The van der Waals surface area contributed by atoms with Crippen molar-refractivity contribution < 1.29 is 13.6 Å². The Hall–Kier alpha value is 0.488. The van der Waals surface area contributed by atoms with Crippen LogP contribution >= 0.6 is 0 Å². The molecule has 0 fully saturated rings. The highest BCUT2D eigenvalue weighted by Gasteiger charge is 2.51. The van der Waals surface area contributed by atoms with Crippen molar-refractivity contribution in [1.29, 1.82) is 0 Å². The SMILES string of the molecule is C=C[Si](C)(C)OC(C)(C)[Si](C)(C)OC(C)(C)[Si](C)(C)CC[SiH2]C(C)(C)OC. The van der Waals surface area contributed by atoms with Crippen LogP contribution in [-0.4, -0.2) is 57.0 Å². The van der Waals surface area contributed by atoms with Gasteiger partial charge in [-0.15, -0.1) is 6.58 Å². The molecular formula is C20H48O3Si4.